The Kier molecular flexibility index (Phi) is 4.89. The van der Waals surface area contributed by atoms with Crippen LogP contribution in [-0.4, -0.2) is 29.4 Å². The van der Waals surface area contributed by atoms with Crippen molar-refractivity contribution >= 4 is 33.7 Å². The molecule has 0 aliphatic heterocycles. The van der Waals surface area contributed by atoms with E-state index in [0.29, 0.717) is 24.8 Å². The van der Waals surface area contributed by atoms with Crippen LogP contribution in [0.25, 0.3) is 0 Å². The van der Waals surface area contributed by atoms with E-state index in [1.165, 1.54) is 11.3 Å². The molecule has 2 rings (SSSR count). The Morgan fingerprint density at radius 3 is 3.00 bits per heavy atom. The highest BCUT2D eigenvalue weighted by Gasteiger charge is 2.08. The average Bonchev–Trinajstić information content (AvgIpc) is 2.98. The van der Waals surface area contributed by atoms with Crippen molar-refractivity contribution in [2.24, 2.45) is 0 Å². The Morgan fingerprint density at radius 2 is 2.37 bits per heavy atom. The van der Waals surface area contributed by atoms with Gasteiger partial charge in [0.15, 0.2) is 5.13 Å². The summed E-state index contributed by atoms with van der Waals surface area (Å²) in [6.45, 7) is 1.64. The van der Waals surface area contributed by atoms with Crippen LogP contribution < -0.4 is 11.1 Å². The van der Waals surface area contributed by atoms with Gasteiger partial charge in [-0.25, -0.2) is 4.98 Å². The van der Waals surface area contributed by atoms with Crippen LogP contribution in [0.4, 0.5) is 5.13 Å². The van der Waals surface area contributed by atoms with Crippen LogP contribution in [0.3, 0.4) is 0 Å². The van der Waals surface area contributed by atoms with Crippen LogP contribution in [0.1, 0.15) is 9.75 Å². The molecule has 102 valence electrons. The topological polar surface area (TPSA) is 71.2 Å². The number of carbonyl (C=O) groups is 1. The fourth-order valence-corrected chi connectivity index (χ4v) is 3.03. The van der Waals surface area contributed by atoms with E-state index in [9.17, 15) is 4.79 Å². The number of rotatable bonds is 6. The number of thiazole rings is 1. The van der Waals surface area contributed by atoms with Crippen molar-refractivity contribution < 1.29 is 4.79 Å². The van der Waals surface area contributed by atoms with Crippen LogP contribution in [-0.2, 0) is 17.9 Å². The molecule has 0 aromatic carbocycles. The summed E-state index contributed by atoms with van der Waals surface area (Å²) in [5.74, 6) is 0.0217. The second-order valence-electron chi connectivity index (χ2n) is 4.19. The summed E-state index contributed by atoms with van der Waals surface area (Å²) in [4.78, 5) is 19.9. The Bertz CT molecular complexity index is 524. The van der Waals surface area contributed by atoms with Crippen molar-refractivity contribution in [3.8, 4) is 0 Å². The molecule has 0 bridgehead atoms. The molecule has 0 fully saturated rings. The van der Waals surface area contributed by atoms with Gasteiger partial charge in [0.2, 0.25) is 5.91 Å². The molecule has 0 unspecified atom stereocenters. The number of hydrogen-bond donors (Lipinski definition) is 2. The molecule has 19 heavy (non-hydrogen) atoms. The Balaban J connectivity index is 1.72. The molecule has 5 nitrogen and oxygen atoms in total. The van der Waals surface area contributed by atoms with E-state index < -0.39 is 0 Å². The second-order valence-corrected chi connectivity index (χ2v) is 6.37. The van der Waals surface area contributed by atoms with Gasteiger partial charge in [0.25, 0.3) is 0 Å². The molecule has 0 saturated carbocycles. The molecular weight excluding hydrogens is 280 g/mol. The van der Waals surface area contributed by atoms with Gasteiger partial charge in [0.1, 0.15) is 0 Å². The molecule has 2 heterocycles. The number of amides is 1. The van der Waals surface area contributed by atoms with Crippen molar-refractivity contribution in [1.82, 2.24) is 15.2 Å². The summed E-state index contributed by atoms with van der Waals surface area (Å²) < 4.78 is 0. The lowest BCUT2D eigenvalue weighted by Gasteiger charge is -2.14. The first-order valence-corrected chi connectivity index (χ1v) is 7.51. The van der Waals surface area contributed by atoms with Crippen molar-refractivity contribution in [1.29, 1.82) is 0 Å². The molecule has 0 spiro atoms. The average molecular weight is 296 g/mol. The van der Waals surface area contributed by atoms with Crippen molar-refractivity contribution in [2.45, 2.75) is 13.1 Å². The Labute approximate surface area is 120 Å². The van der Waals surface area contributed by atoms with Gasteiger partial charge in [-0.1, -0.05) is 6.07 Å². The second kappa shape index (κ2) is 6.65. The van der Waals surface area contributed by atoms with E-state index in [2.05, 4.69) is 10.3 Å². The quantitative estimate of drug-likeness (QED) is 0.848. The molecule has 1 amide bonds. The highest BCUT2D eigenvalue weighted by atomic mass is 32.1. The van der Waals surface area contributed by atoms with Gasteiger partial charge >= 0.3 is 0 Å². The van der Waals surface area contributed by atoms with Gasteiger partial charge in [-0.05, 0) is 18.5 Å². The number of nitrogen functional groups attached to an aromatic ring is 1. The maximum absolute atomic E-state index is 11.8. The predicted octanol–water partition coefficient (Wildman–Crippen LogP) is 1.53. The maximum Gasteiger partial charge on any atom is 0.234 e. The maximum atomic E-state index is 11.8. The number of carbonyl (C=O) groups excluding carboxylic acids is 1. The first-order chi connectivity index (χ1) is 9.13. The number of hydrogen-bond acceptors (Lipinski definition) is 6. The predicted molar refractivity (Wildman–Crippen MR) is 79.0 cm³/mol. The zero-order chi connectivity index (χ0) is 13.7. The standard InChI is InChI=1S/C12H16N4OS2/c1-16(7-10-6-15-12(13)19-10)8-11(17)14-5-9-3-2-4-18-9/h2-4,6H,5,7-8H2,1H3,(H2,13,15)(H,14,17). The minimum Gasteiger partial charge on any atom is -0.375 e. The minimum atomic E-state index is 0.0217. The third-order valence-corrected chi connectivity index (χ3v) is 4.14. The third-order valence-electron chi connectivity index (χ3n) is 2.45. The van der Waals surface area contributed by atoms with Gasteiger partial charge in [0.05, 0.1) is 13.1 Å². The fraction of sp³-hybridized carbons (Fsp3) is 0.333. The molecule has 0 atom stereocenters. The lowest BCUT2D eigenvalue weighted by Crippen LogP contribution is -2.34. The van der Waals surface area contributed by atoms with Crippen molar-refractivity contribution in [3.05, 3.63) is 33.5 Å². The third kappa shape index (κ3) is 4.62. The van der Waals surface area contributed by atoms with Gasteiger partial charge in [-0.15, -0.1) is 22.7 Å². The molecule has 0 saturated heterocycles. The normalized spacial score (nSPS) is 10.8. The fourth-order valence-electron chi connectivity index (χ4n) is 1.62. The van der Waals surface area contributed by atoms with Crippen LogP contribution in [0.5, 0.6) is 0 Å². The van der Waals surface area contributed by atoms with E-state index in [4.69, 9.17) is 5.73 Å². The highest BCUT2D eigenvalue weighted by Crippen LogP contribution is 2.15. The van der Waals surface area contributed by atoms with E-state index >= 15 is 0 Å². The number of likely N-dealkylation sites (N-methyl/N-ethyl adjacent to an activating group) is 1. The molecular formula is C12H16N4OS2. The van der Waals surface area contributed by atoms with Crippen molar-refractivity contribution in [3.63, 3.8) is 0 Å². The van der Waals surface area contributed by atoms with E-state index in [-0.39, 0.29) is 5.91 Å². The number of nitrogens with zero attached hydrogens (tertiary/aromatic N) is 2. The van der Waals surface area contributed by atoms with Crippen LogP contribution >= 0.6 is 22.7 Å². The summed E-state index contributed by atoms with van der Waals surface area (Å²) in [5, 5.41) is 5.46. The first kappa shape index (κ1) is 14.0. The summed E-state index contributed by atoms with van der Waals surface area (Å²) in [6, 6.07) is 3.99. The molecule has 0 aliphatic carbocycles. The zero-order valence-corrected chi connectivity index (χ0v) is 12.3. The number of anilines is 1. The summed E-state index contributed by atoms with van der Waals surface area (Å²) in [6.07, 6.45) is 1.75. The van der Waals surface area contributed by atoms with Crippen molar-refractivity contribution in [2.75, 3.05) is 19.3 Å². The summed E-state index contributed by atoms with van der Waals surface area (Å²) in [7, 11) is 1.90. The first-order valence-electron chi connectivity index (χ1n) is 5.81. The minimum absolute atomic E-state index is 0.0217. The molecule has 3 N–H and O–H groups in total. The van der Waals surface area contributed by atoms with Gasteiger partial charge < -0.3 is 11.1 Å². The van der Waals surface area contributed by atoms with Crippen LogP contribution in [0.15, 0.2) is 23.7 Å². The zero-order valence-electron chi connectivity index (χ0n) is 10.6. The Morgan fingerprint density at radius 1 is 1.53 bits per heavy atom. The summed E-state index contributed by atoms with van der Waals surface area (Å²) >= 11 is 3.09. The lowest BCUT2D eigenvalue weighted by molar-refractivity contribution is -0.122. The van der Waals surface area contributed by atoms with Gasteiger partial charge in [-0.3, -0.25) is 9.69 Å². The van der Waals surface area contributed by atoms with E-state index in [1.54, 1.807) is 17.5 Å². The summed E-state index contributed by atoms with van der Waals surface area (Å²) in [5.41, 5.74) is 5.57. The number of nitrogens with two attached hydrogens (primary N) is 1. The molecule has 0 aliphatic rings. The highest BCUT2D eigenvalue weighted by molar-refractivity contribution is 7.15. The van der Waals surface area contributed by atoms with E-state index in [0.717, 1.165) is 9.75 Å². The van der Waals surface area contributed by atoms with E-state index in [1.807, 2.05) is 29.5 Å². The number of aromatic nitrogens is 1. The lowest BCUT2D eigenvalue weighted by atomic mass is 10.4. The number of thiophene rings is 1. The molecule has 2 aromatic rings. The number of nitrogens with one attached hydrogen (secondary N) is 1. The molecule has 0 radical (unpaired) electrons. The monoisotopic (exact) mass is 296 g/mol. The smallest absolute Gasteiger partial charge is 0.234 e. The SMILES string of the molecule is CN(CC(=O)NCc1cccs1)Cc1cnc(N)s1. The molecule has 2 aromatic heterocycles. The Hall–Kier alpha value is -1.44. The van der Waals surface area contributed by atoms with Gasteiger partial charge in [0, 0.05) is 22.5 Å². The van der Waals surface area contributed by atoms with Crippen LogP contribution in [0, 0.1) is 0 Å². The van der Waals surface area contributed by atoms with Gasteiger partial charge in [-0.2, -0.15) is 0 Å². The largest absolute Gasteiger partial charge is 0.375 e. The van der Waals surface area contributed by atoms with Crippen LogP contribution in [0.2, 0.25) is 0 Å². The molecule has 7 heteroatoms.